The number of likely N-dealkylation sites (tertiary alicyclic amines) is 1. The van der Waals surface area contributed by atoms with E-state index in [0.717, 1.165) is 51.7 Å². The summed E-state index contributed by atoms with van der Waals surface area (Å²) in [5.41, 5.74) is 1.39. The Morgan fingerprint density at radius 3 is 2.50 bits per heavy atom. The van der Waals surface area contributed by atoms with Gasteiger partial charge in [-0.2, -0.15) is 0 Å². The minimum Gasteiger partial charge on any atom is -0.353 e. The number of hydrogen-bond acceptors (Lipinski definition) is 4. The standard InChI is InChI=1S/C28H45N3O3/c1-4-25(32)13-9-6-10-14-26(30-27(33)16-15-22(2)3)28(34)29-18-20-31-19-17-24(21-31)23-11-7-5-8-12-23/h5,7-8,11-12,22,24,26H,4,6,9-10,13-21H2,1-3H3,(H,29,34)(H,30,33)/t24?,26-/m0/s1. The van der Waals surface area contributed by atoms with Crippen molar-refractivity contribution in [1.29, 1.82) is 0 Å². The van der Waals surface area contributed by atoms with Crippen molar-refractivity contribution in [2.24, 2.45) is 5.92 Å². The Labute approximate surface area is 206 Å². The van der Waals surface area contributed by atoms with Gasteiger partial charge in [0.05, 0.1) is 0 Å². The second kappa shape index (κ2) is 15.6. The molecule has 0 aliphatic carbocycles. The van der Waals surface area contributed by atoms with Crippen molar-refractivity contribution < 1.29 is 14.4 Å². The van der Waals surface area contributed by atoms with Gasteiger partial charge in [0.1, 0.15) is 11.8 Å². The lowest BCUT2D eigenvalue weighted by Gasteiger charge is -2.21. The number of Topliss-reactive ketones (excluding diaryl/α,β-unsaturated/α-hetero) is 1. The van der Waals surface area contributed by atoms with Crippen molar-refractivity contribution in [2.45, 2.75) is 90.5 Å². The van der Waals surface area contributed by atoms with Gasteiger partial charge in [0.25, 0.3) is 0 Å². The van der Waals surface area contributed by atoms with Crippen LogP contribution in [0.3, 0.4) is 0 Å². The first-order valence-corrected chi connectivity index (χ1v) is 13.2. The molecular formula is C28H45N3O3. The molecule has 190 valence electrons. The molecule has 0 bridgehead atoms. The molecule has 0 spiro atoms. The average molecular weight is 472 g/mol. The molecule has 1 heterocycles. The van der Waals surface area contributed by atoms with E-state index in [-0.39, 0.29) is 17.6 Å². The van der Waals surface area contributed by atoms with E-state index in [9.17, 15) is 14.4 Å². The van der Waals surface area contributed by atoms with Gasteiger partial charge in [0.2, 0.25) is 11.8 Å². The van der Waals surface area contributed by atoms with Crippen LogP contribution in [0.25, 0.3) is 0 Å². The molecule has 1 aromatic rings. The number of amides is 2. The highest BCUT2D eigenvalue weighted by molar-refractivity contribution is 5.87. The van der Waals surface area contributed by atoms with E-state index >= 15 is 0 Å². The summed E-state index contributed by atoms with van der Waals surface area (Å²) in [4.78, 5) is 39.2. The fourth-order valence-corrected chi connectivity index (χ4v) is 4.47. The van der Waals surface area contributed by atoms with E-state index in [4.69, 9.17) is 0 Å². The summed E-state index contributed by atoms with van der Waals surface area (Å²) in [7, 11) is 0. The van der Waals surface area contributed by atoms with Crippen molar-refractivity contribution in [2.75, 3.05) is 26.2 Å². The quantitative estimate of drug-likeness (QED) is 0.349. The van der Waals surface area contributed by atoms with Crippen molar-refractivity contribution in [1.82, 2.24) is 15.5 Å². The highest BCUT2D eigenvalue weighted by Gasteiger charge is 2.24. The first-order valence-electron chi connectivity index (χ1n) is 13.2. The van der Waals surface area contributed by atoms with Crippen molar-refractivity contribution in [3.63, 3.8) is 0 Å². The zero-order chi connectivity index (χ0) is 24.8. The molecule has 1 aliphatic rings. The lowest BCUT2D eigenvalue weighted by molar-refractivity contribution is -0.129. The van der Waals surface area contributed by atoms with Gasteiger partial charge in [-0.1, -0.05) is 63.9 Å². The van der Waals surface area contributed by atoms with Crippen LogP contribution in [0.15, 0.2) is 30.3 Å². The van der Waals surface area contributed by atoms with Gasteiger partial charge in [-0.25, -0.2) is 0 Å². The maximum Gasteiger partial charge on any atom is 0.242 e. The molecule has 1 aliphatic heterocycles. The number of carbonyl (C=O) groups excluding carboxylic acids is 3. The first kappa shape index (κ1) is 28.0. The molecule has 2 rings (SSSR count). The highest BCUT2D eigenvalue weighted by Crippen LogP contribution is 2.26. The van der Waals surface area contributed by atoms with Crippen LogP contribution in [0.4, 0.5) is 0 Å². The van der Waals surface area contributed by atoms with Gasteiger partial charge in [0, 0.05) is 38.9 Å². The predicted octanol–water partition coefficient (Wildman–Crippen LogP) is 4.44. The summed E-state index contributed by atoms with van der Waals surface area (Å²) in [5.74, 6) is 1.15. The van der Waals surface area contributed by atoms with Crippen LogP contribution in [0.1, 0.15) is 90.0 Å². The molecular weight excluding hydrogens is 426 g/mol. The zero-order valence-corrected chi connectivity index (χ0v) is 21.5. The maximum atomic E-state index is 12.9. The molecule has 0 radical (unpaired) electrons. The van der Waals surface area contributed by atoms with E-state index in [1.165, 1.54) is 5.56 Å². The van der Waals surface area contributed by atoms with Crippen molar-refractivity contribution in [3.05, 3.63) is 35.9 Å². The minimum absolute atomic E-state index is 0.0553. The van der Waals surface area contributed by atoms with Gasteiger partial charge in [-0.15, -0.1) is 0 Å². The van der Waals surface area contributed by atoms with Crippen LogP contribution in [0.5, 0.6) is 0 Å². The largest absolute Gasteiger partial charge is 0.353 e. The van der Waals surface area contributed by atoms with E-state index in [0.29, 0.717) is 44.1 Å². The summed E-state index contributed by atoms with van der Waals surface area (Å²) in [6, 6.07) is 10.1. The average Bonchev–Trinajstić information content (AvgIpc) is 3.31. The Morgan fingerprint density at radius 2 is 1.79 bits per heavy atom. The summed E-state index contributed by atoms with van der Waals surface area (Å²) >= 11 is 0. The van der Waals surface area contributed by atoms with Gasteiger partial charge >= 0.3 is 0 Å². The second-order valence-electron chi connectivity index (χ2n) is 10.0. The molecule has 1 aromatic carbocycles. The Kier molecular flexibility index (Phi) is 12.9. The molecule has 1 saturated heterocycles. The Bertz CT molecular complexity index is 751. The molecule has 34 heavy (non-hydrogen) atoms. The lowest BCUT2D eigenvalue weighted by atomic mass is 9.99. The smallest absolute Gasteiger partial charge is 0.242 e. The molecule has 1 unspecified atom stereocenters. The van der Waals surface area contributed by atoms with E-state index < -0.39 is 6.04 Å². The molecule has 2 atom stereocenters. The van der Waals surface area contributed by atoms with Crippen LogP contribution in [-0.4, -0.2) is 54.7 Å². The van der Waals surface area contributed by atoms with Crippen LogP contribution in [-0.2, 0) is 14.4 Å². The van der Waals surface area contributed by atoms with Gasteiger partial charge in [-0.05, 0) is 49.6 Å². The molecule has 0 saturated carbocycles. The lowest BCUT2D eigenvalue weighted by Crippen LogP contribution is -2.48. The SMILES string of the molecule is CCC(=O)CCCCC[C@H](NC(=O)CCC(C)C)C(=O)NCCN1CCC(c2ccccc2)C1. The van der Waals surface area contributed by atoms with Crippen molar-refractivity contribution >= 4 is 17.6 Å². The monoisotopic (exact) mass is 471 g/mol. The van der Waals surface area contributed by atoms with Crippen LogP contribution in [0, 0.1) is 5.92 Å². The van der Waals surface area contributed by atoms with Crippen LogP contribution < -0.4 is 10.6 Å². The molecule has 6 heteroatoms. The number of benzene rings is 1. The molecule has 1 fully saturated rings. The van der Waals surface area contributed by atoms with Gasteiger partial charge < -0.3 is 15.5 Å². The Morgan fingerprint density at radius 1 is 1.03 bits per heavy atom. The second-order valence-corrected chi connectivity index (χ2v) is 10.0. The zero-order valence-electron chi connectivity index (χ0n) is 21.5. The maximum absolute atomic E-state index is 12.9. The predicted molar refractivity (Wildman–Crippen MR) is 138 cm³/mol. The number of carbonyl (C=O) groups is 3. The summed E-state index contributed by atoms with van der Waals surface area (Å²) < 4.78 is 0. The number of unbranched alkanes of at least 4 members (excludes halogenated alkanes) is 2. The van der Waals surface area contributed by atoms with Crippen LogP contribution >= 0.6 is 0 Å². The fourth-order valence-electron chi connectivity index (χ4n) is 4.47. The molecule has 6 nitrogen and oxygen atoms in total. The third kappa shape index (κ3) is 10.8. The van der Waals surface area contributed by atoms with Crippen molar-refractivity contribution in [3.8, 4) is 0 Å². The van der Waals surface area contributed by atoms with E-state index in [1.54, 1.807) is 0 Å². The molecule has 2 amide bonds. The normalized spacial score (nSPS) is 17.0. The Hall–Kier alpha value is -2.21. The third-order valence-corrected chi connectivity index (χ3v) is 6.71. The number of nitrogens with zero attached hydrogens (tertiary/aromatic N) is 1. The van der Waals surface area contributed by atoms with E-state index in [1.807, 2.05) is 6.92 Å². The summed E-state index contributed by atoms with van der Waals surface area (Å²) in [5, 5.41) is 6.01. The van der Waals surface area contributed by atoms with E-state index in [2.05, 4.69) is 59.7 Å². The van der Waals surface area contributed by atoms with Crippen LogP contribution in [0.2, 0.25) is 0 Å². The van der Waals surface area contributed by atoms with Gasteiger partial charge in [-0.3, -0.25) is 14.4 Å². The number of nitrogens with one attached hydrogen (secondary N) is 2. The minimum atomic E-state index is -0.503. The number of rotatable bonds is 16. The first-order chi connectivity index (χ1) is 16.4. The van der Waals surface area contributed by atoms with Gasteiger partial charge in [0.15, 0.2) is 0 Å². The summed E-state index contributed by atoms with van der Waals surface area (Å²) in [6.07, 6.45) is 6.77. The molecule has 2 N–H and O–H groups in total. The number of hydrogen-bond donors (Lipinski definition) is 2. The topological polar surface area (TPSA) is 78.5 Å². The molecule has 0 aromatic heterocycles. The Balaban J connectivity index is 1.76. The fraction of sp³-hybridized carbons (Fsp3) is 0.679. The third-order valence-electron chi connectivity index (χ3n) is 6.71. The number of ketones is 1. The summed E-state index contributed by atoms with van der Waals surface area (Å²) in [6.45, 7) is 9.55. The highest BCUT2D eigenvalue weighted by atomic mass is 16.2.